The number of nitrogens with zero attached hydrogens (tertiary/aromatic N) is 2. The molecular weight excluding hydrogens is 689 g/mol. The van der Waals surface area contributed by atoms with Crippen molar-refractivity contribution in [3.05, 3.63) is 115 Å². The molecule has 0 radical (unpaired) electrons. The molecule has 0 atom stereocenters. The second kappa shape index (κ2) is 16.6. The third-order valence-electron chi connectivity index (χ3n) is 5.20. The maximum Gasteiger partial charge on any atom is 2.00 e. The summed E-state index contributed by atoms with van der Waals surface area (Å²) in [5.41, 5.74) is 5.61. The van der Waals surface area contributed by atoms with Gasteiger partial charge in [0.15, 0.2) is 0 Å². The van der Waals surface area contributed by atoms with Crippen molar-refractivity contribution in [2.75, 3.05) is 0 Å². The number of rotatable bonds is 6. The normalized spacial score (nSPS) is 10.5. The molecule has 0 aliphatic heterocycles. The Morgan fingerprint density at radius 2 is 1.00 bits per heavy atom. The van der Waals surface area contributed by atoms with Gasteiger partial charge in [0.25, 0.3) is 11.5 Å². The molecule has 2 amide bonds. The first-order valence-electron chi connectivity index (χ1n) is 11.6. The average Bonchev–Trinajstić information content (AvgIpc) is 2.94. The van der Waals surface area contributed by atoms with Crippen LogP contribution in [-0.4, -0.2) is 44.0 Å². The average molecular weight is 711 g/mol. The van der Waals surface area contributed by atoms with Crippen molar-refractivity contribution in [2.24, 2.45) is 10.2 Å². The van der Waals surface area contributed by atoms with E-state index in [0.29, 0.717) is 21.2 Å². The summed E-state index contributed by atoms with van der Waals surface area (Å²) in [6.07, 6.45) is 2.56. The molecule has 4 aromatic carbocycles. The summed E-state index contributed by atoms with van der Waals surface area (Å²) in [4.78, 5) is 19.5. The minimum atomic E-state index is -0.378. The number of hydrazone groups is 2. The van der Waals surface area contributed by atoms with Crippen LogP contribution in [0, 0.1) is 0 Å². The Labute approximate surface area is 275 Å². The smallest absolute Gasteiger partial charge is 0.872 e. The first kappa shape index (κ1) is 35.2. The fourth-order valence-electron chi connectivity index (χ4n) is 3.16. The first-order chi connectivity index (χ1) is 20.0. The van der Waals surface area contributed by atoms with E-state index in [0.717, 1.165) is 0 Å². The van der Waals surface area contributed by atoms with Crippen molar-refractivity contribution in [1.29, 1.82) is 0 Å². The van der Waals surface area contributed by atoms with Crippen molar-refractivity contribution < 1.29 is 46.5 Å². The topological polar surface area (TPSA) is 184 Å². The molecule has 0 spiro atoms. The first-order valence-corrected chi connectivity index (χ1v) is 13.1. The summed E-state index contributed by atoms with van der Waals surface area (Å²) in [5, 5.41) is 47.2. The number of hydrogen-bond donors (Lipinski definition) is 2. The number of carbonyl (C=O) groups excluding carboxylic acids is 2. The number of hydrogen-bond acceptors (Lipinski definition) is 4. The molecule has 0 fully saturated rings. The van der Waals surface area contributed by atoms with Crippen LogP contribution in [0.2, 0.25) is 20.1 Å². The van der Waals surface area contributed by atoms with E-state index < -0.39 is 0 Å². The standard InChI is InChI=1S/2C14H10Cl2N2O3.Ni/c2*15-9-5-8(13(20)11(16)6-9)7-17-18-14(21)10-3-1-2-4-12(10)19;/h2*1-7,19-20H,(H,18,21);/q;;+2/p+2. The summed E-state index contributed by atoms with van der Waals surface area (Å²) in [6, 6.07) is 17.9. The number of amides is 2. The fourth-order valence-corrected chi connectivity index (χ4v) is 4.18. The van der Waals surface area contributed by atoms with Crippen LogP contribution in [0.25, 0.3) is 0 Å². The molecule has 0 heterocycles. The Kier molecular flexibility index (Phi) is 13.6. The molecule has 4 aromatic rings. The molecule has 0 bridgehead atoms. The van der Waals surface area contributed by atoms with Crippen molar-refractivity contribution in [3.8, 4) is 23.0 Å². The van der Waals surface area contributed by atoms with Crippen molar-refractivity contribution >= 4 is 70.6 Å². The van der Waals surface area contributed by atoms with Crippen LogP contribution in [0.1, 0.15) is 22.3 Å². The third-order valence-corrected chi connectivity index (χ3v) is 6.24. The van der Waals surface area contributed by atoms with Crippen LogP contribution in [-0.2, 0) is 16.5 Å². The van der Waals surface area contributed by atoms with Gasteiger partial charge in [0.1, 0.15) is 10.0 Å². The minimum Gasteiger partial charge on any atom is -0.872 e. The molecule has 0 saturated carbocycles. The number of benzene rings is 4. The summed E-state index contributed by atoms with van der Waals surface area (Å²) in [7, 11) is 0. The van der Waals surface area contributed by atoms with Gasteiger partial charge in [-0.3, -0.25) is 9.59 Å². The molecule has 0 unspecified atom stereocenters. The van der Waals surface area contributed by atoms with E-state index >= 15 is 0 Å². The van der Waals surface area contributed by atoms with Gasteiger partial charge < -0.3 is 20.4 Å². The van der Waals surface area contributed by atoms with Gasteiger partial charge in [-0.25, -0.2) is 0 Å². The van der Waals surface area contributed by atoms with Crippen molar-refractivity contribution in [3.63, 3.8) is 0 Å². The van der Waals surface area contributed by atoms with Crippen LogP contribution in [0.4, 0.5) is 0 Å². The SMILES string of the molecule is [Ni+2].[O-]c1ccccc1C(=[OH+])NN=Cc1cc(Cl)cc(Cl)c1[OH2+].[O-]c1ccccc1C(=[OH+])NN=Cc1cc(Cl)cc(Cl)c1[OH2+]. The molecule has 0 saturated heterocycles. The Morgan fingerprint density at radius 3 is 1.35 bits per heavy atom. The minimum absolute atomic E-state index is 0. The Hall–Kier alpha value is -3.99. The second-order valence-corrected chi connectivity index (χ2v) is 9.82. The third kappa shape index (κ3) is 10.1. The summed E-state index contributed by atoms with van der Waals surface area (Å²) >= 11 is 23.3. The summed E-state index contributed by atoms with van der Waals surface area (Å²) in [5.74, 6) is -1.28. The van der Waals surface area contributed by atoms with E-state index in [1.165, 1.54) is 61.0 Å². The molecule has 4 rings (SSSR count). The predicted molar refractivity (Wildman–Crippen MR) is 164 cm³/mol. The van der Waals surface area contributed by atoms with E-state index in [1.807, 2.05) is 0 Å². The van der Waals surface area contributed by atoms with Gasteiger partial charge in [-0.05, 0) is 36.4 Å². The van der Waals surface area contributed by atoms with Crippen molar-refractivity contribution in [1.82, 2.24) is 10.9 Å². The fraction of sp³-hybridized carbons (Fsp3) is 0. The molecule has 10 nitrogen and oxygen atoms in total. The summed E-state index contributed by atoms with van der Waals surface area (Å²) in [6.45, 7) is 0. The predicted octanol–water partition coefficient (Wildman–Crippen LogP) is 3.96. The molecule has 0 aliphatic carbocycles. The van der Waals surface area contributed by atoms with Gasteiger partial charge in [0.05, 0.1) is 34.7 Å². The van der Waals surface area contributed by atoms with Gasteiger partial charge in [-0.1, -0.05) is 94.3 Å². The van der Waals surface area contributed by atoms with Gasteiger partial charge in [-0.15, -0.1) is 0 Å². The van der Waals surface area contributed by atoms with Crippen LogP contribution in [0.3, 0.4) is 0 Å². The number of nitrogens with one attached hydrogen (secondary N) is 2. The van der Waals surface area contributed by atoms with Gasteiger partial charge in [-0.2, -0.15) is 21.1 Å². The van der Waals surface area contributed by atoms with Crippen LogP contribution in [0.5, 0.6) is 23.0 Å². The van der Waals surface area contributed by atoms with Gasteiger partial charge in [0, 0.05) is 10.0 Å². The quantitative estimate of drug-likeness (QED) is 0.133. The van der Waals surface area contributed by atoms with Crippen LogP contribution < -0.4 is 21.1 Å². The molecule has 15 heteroatoms. The number of para-hydroxylation sites is 2. The zero-order chi connectivity index (χ0) is 30.8. The van der Waals surface area contributed by atoms with Crippen LogP contribution in [0.15, 0.2) is 83.0 Å². The second-order valence-electron chi connectivity index (χ2n) is 8.13. The Balaban J connectivity index is 0.000000293. The van der Waals surface area contributed by atoms with E-state index in [9.17, 15) is 19.8 Å². The molecule has 43 heavy (non-hydrogen) atoms. The van der Waals surface area contributed by atoms with E-state index in [2.05, 4.69) is 21.1 Å². The Bertz CT molecular complexity index is 1560. The molecule has 8 N–H and O–H groups in total. The van der Waals surface area contributed by atoms with Gasteiger partial charge >= 0.3 is 28.3 Å². The van der Waals surface area contributed by atoms with Gasteiger partial charge in [0.2, 0.25) is 0 Å². The maximum absolute atomic E-state index is 11.5. The molecule has 0 aromatic heterocycles. The van der Waals surface area contributed by atoms with Crippen LogP contribution >= 0.6 is 46.4 Å². The maximum atomic E-state index is 11.5. The molecule has 0 aliphatic rings. The summed E-state index contributed by atoms with van der Waals surface area (Å²) < 4.78 is 0. The zero-order valence-electron chi connectivity index (χ0n) is 21.5. The number of halogens is 4. The largest absolute Gasteiger partial charge is 2.00 e. The monoisotopic (exact) mass is 708 g/mol. The van der Waals surface area contributed by atoms with E-state index in [-0.39, 0.29) is 72.5 Å². The van der Waals surface area contributed by atoms with E-state index in [1.54, 1.807) is 24.3 Å². The van der Waals surface area contributed by atoms with E-state index in [4.69, 9.17) is 56.6 Å². The molecular formula is C28H22Cl4N4NiO6+4. The Morgan fingerprint density at radius 1 is 0.651 bits per heavy atom. The molecule has 224 valence electrons. The van der Waals surface area contributed by atoms with Crippen molar-refractivity contribution in [2.45, 2.75) is 0 Å². The zero-order valence-corrected chi connectivity index (χ0v) is 25.5.